The Balaban J connectivity index is 2.29. The number of aromatic amines is 3. The van der Waals surface area contributed by atoms with Gasteiger partial charge in [0.2, 0.25) is 0 Å². The van der Waals surface area contributed by atoms with Crippen molar-refractivity contribution in [1.82, 2.24) is 19.9 Å². The van der Waals surface area contributed by atoms with Gasteiger partial charge in [-0.05, 0) is 5.56 Å². The molecule has 138 valence electrons. The zero-order chi connectivity index (χ0) is 19.8. The van der Waals surface area contributed by atoms with Gasteiger partial charge in [-0.3, -0.25) is 9.59 Å². The number of aromatic nitrogens is 4. The molecule has 0 bridgehead atoms. The van der Waals surface area contributed by atoms with Crippen molar-refractivity contribution in [2.45, 2.75) is 26.2 Å². The molecular weight excluding hydrogens is 343 g/mol. The van der Waals surface area contributed by atoms with Gasteiger partial charge < -0.3 is 20.1 Å². The van der Waals surface area contributed by atoms with Crippen LogP contribution in [0.1, 0.15) is 37.7 Å². The first-order chi connectivity index (χ1) is 12.7. The zero-order valence-electron chi connectivity index (χ0n) is 15.7. The average molecular weight is 364 g/mol. The Morgan fingerprint density at radius 1 is 1.04 bits per heavy atom. The molecule has 1 aromatic carbocycles. The van der Waals surface area contributed by atoms with Crippen LogP contribution in [0.15, 0.2) is 46.2 Å². The lowest BCUT2D eigenvalue weighted by Crippen LogP contribution is -2.49. The van der Waals surface area contributed by atoms with Crippen LogP contribution in [-0.4, -0.2) is 32.9 Å². The lowest BCUT2D eigenvalue weighted by atomic mass is 9.88. The van der Waals surface area contributed by atoms with Crippen LogP contribution in [0.25, 0.3) is 11.2 Å². The van der Waals surface area contributed by atoms with Gasteiger partial charge >= 0.3 is 0 Å². The van der Waals surface area contributed by atoms with Crippen LogP contribution < -0.4 is 21.8 Å². The van der Waals surface area contributed by atoms with Crippen LogP contribution in [0, 0.1) is 0 Å². The van der Waals surface area contributed by atoms with Crippen molar-refractivity contribution >= 4 is 19.1 Å². The summed E-state index contributed by atoms with van der Waals surface area (Å²) in [6.45, 7) is 5.85. The van der Waals surface area contributed by atoms with Gasteiger partial charge in [0.25, 0.3) is 11.1 Å². The van der Waals surface area contributed by atoms with Crippen LogP contribution in [0.3, 0.4) is 0 Å². The zero-order valence-corrected chi connectivity index (χ0v) is 15.7. The van der Waals surface area contributed by atoms with E-state index in [4.69, 9.17) is 0 Å². The molecule has 0 saturated heterocycles. The van der Waals surface area contributed by atoms with Gasteiger partial charge in [-0.1, -0.05) is 56.6 Å². The van der Waals surface area contributed by atoms with E-state index in [1.807, 2.05) is 51.1 Å². The van der Waals surface area contributed by atoms with E-state index in [1.165, 1.54) is 6.33 Å². The molecule has 0 atom stereocenters. The topological polar surface area (TPSA) is 115 Å². The summed E-state index contributed by atoms with van der Waals surface area (Å²) in [6, 6.07) is 9.28. The Bertz CT molecular complexity index is 1210. The molecule has 4 N–H and O–H groups in total. The van der Waals surface area contributed by atoms with E-state index in [0.29, 0.717) is 11.2 Å². The summed E-state index contributed by atoms with van der Waals surface area (Å²) >= 11 is 0. The quantitative estimate of drug-likeness (QED) is 0.463. The Hall–Kier alpha value is -3.29. The number of rotatable bonds is 2. The van der Waals surface area contributed by atoms with Crippen LogP contribution in [0.2, 0.25) is 0 Å². The van der Waals surface area contributed by atoms with Crippen molar-refractivity contribution in [3.8, 4) is 0 Å². The van der Waals surface area contributed by atoms with Crippen LogP contribution in [-0.2, 0) is 5.41 Å². The molecule has 7 nitrogen and oxygen atoms in total. The predicted molar refractivity (Wildman–Crippen MR) is 107 cm³/mol. The largest absolute Gasteiger partial charge is 0.504 e. The number of H-pyrrole nitrogens is 3. The minimum Gasteiger partial charge on any atom is -0.504 e. The molecule has 0 fully saturated rings. The highest BCUT2D eigenvalue weighted by Gasteiger charge is 2.23. The van der Waals surface area contributed by atoms with E-state index in [1.54, 1.807) is 7.85 Å². The molecule has 0 unspecified atom stereocenters. The van der Waals surface area contributed by atoms with E-state index in [-0.39, 0.29) is 27.6 Å². The predicted octanol–water partition coefficient (Wildman–Crippen LogP) is -0.412. The summed E-state index contributed by atoms with van der Waals surface area (Å²) in [6.07, 6.45) is 1.44. The molecule has 27 heavy (non-hydrogen) atoms. The van der Waals surface area contributed by atoms with Crippen molar-refractivity contribution in [3.05, 3.63) is 85.0 Å². The summed E-state index contributed by atoms with van der Waals surface area (Å²) in [4.78, 5) is 37.3. The number of nitrogens with zero attached hydrogens (tertiary/aromatic N) is 1. The Morgan fingerprint density at radius 3 is 2.26 bits per heavy atom. The summed E-state index contributed by atoms with van der Waals surface area (Å²) in [5.41, 5.74) is 0.934. The van der Waals surface area contributed by atoms with Crippen LogP contribution in [0.4, 0.5) is 0 Å². The lowest BCUT2D eigenvalue weighted by molar-refractivity contribution is 0.492. The first kappa shape index (κ1) is 18.5. The number of hydrogen-bond acceptors (Lipinski definition) is 4. The summed E-state index contributed by atoms with van der Waals surface area (Å²) in [5.74, 6) is -0.372. The van der Waals surface area contributed by atoms with Crippen molar-refractivity contribution < 1.29 is 5.11 Å². The fraction of sp³-hybridized carbons (Fsp3) is 0.211. The van der Waals surface area contributed by atoms with Gasteiger partial charge in [0.1, 0.15) is 18.9 Å². The molecule has 0 aliphatic heterocycles. The molecule has 2 aromatic heterocycles. The Morgan fingerprint density at radius 2 is 1.63 bits per heavy atom. The maximum Gasteiger partial charge on any atom is 0.276 e. The highest BCUT2D eigenvalue weighted by atomic mass is 16.3. The molecule has 0 spiro atoms. The number of nitrogens with one attached hydrogen (secondary N) is 3. The Labute approximate surface area is 155 Å². The molecular formula is C19H21BN4O3. The van der Waals surface area contributed by atoms with E-state index in [9.17, 15) is 14.7 Å². The second-order valence-corrected chi connectivity index (χ2v) is 7.37. The van der Waals surface area contributed by atoms with E-state index in [0.717, 1.165) is 5.56 Å². The summed E-state index contributed by atoms with van der Waals surface area (Å²) in [7, 11) is 1.75. The van der Waals surface area contributed by atoms with Crippen molar-refractivity contribution in [2.24, 2.45) is 0 Å². The summed E-state index contributed by atoms with van der Waals surface area (Å²) in [5, 5.41) is 10.5. The molecule has 3 aromatic rings. The average Bonchev–Trinajstić information content (AvgIpc) is 3.13. The van der Waals surface area contributed by atoms with Gasteiger partial charge in [0, 0.05) is 5.41 Å². The van der Waals surface area contributed by atoms with Gasteiger partial charge in [0.15, 0.2) is 11.1 Å². The highest BCUT2D eigenvalue weighted by Crippen LogP contribution is 2.25. The third kappa shape index (κ3) is 3.51. The molecule has 0 radical (unpaired) electrons. The molecule has 3 rings (SSSR count). The molecule has 8 heteroatoms. The van der Waals surface area contributed by atoms with Crippen LogP contribution >= 0.6 is 0 Å². The second kappa shape index (κ2) is 6.79. The van der Waals surface area contributed by atoms with Crippen molar-refractivity contribution in [3.63, 3.8) is 0 Å². The SMILES string of the molecule is B/C(c1ccccc1)=c1/[nH]c(=O)/c(=C(\O)c2nc[nH]c2C(C)(C)C)[nH]c1=O. The molecule has 2 heterocycles. The fourth-order valence-corrected chi connectivity index (χ4v) is 2.89. The van der Waals surface area contributed by atoms with Gasteiger partial charge in [-0.15, -0.1) is 0 Å². The van der Waals surface area contributed by atoms with E-state index < -0.39 is 11.1 Å². The number of aliphatic hydroxyl groups is 1. The second-order valence-electron chi connectivity index (χ2n) is 7.37. The third-order valence-electron chi connectivity index (χ3n) is 4.36. The van der Waals surface area contributed by atoms with Crippen LogP contribution in [0.5, 0.6) is 0 Å². The first-order valence-electron chi connectivity index (χ1n) is 8.56. The number of imidazole rings is 1. The fourth-order valence-electron chi connectivity index (χ4n) is 2.89. The smallest absolute Gasteiger partial charge is 0.276 e. The number of aliphatic hydroxyl groups excluding tert-OH is 1. The van der Waals surface area contributed by atoms with E-state index >= 15 is 0 Å². The number of hydrogen-bond donors (Lipinski definition) is 4. The van der Waals surface area contributed by atoms with Crippen molar-refractivity contribution in [1.29, 1.82) is 0 Å². The molecule has 0 saturated carbocycles. The first-order valence-corrected chi connectivity index (χ1v) is 8.56. The minimum atomic E-state index is -0.597. The summed E-state index contributed by atoms with van der Waals surface area (Å²) < 4.78 is 0. The maximum atomic E-state index is 12.6. The molecule has 0 amide bonds. The van der Waals surface area contributed by atoms with Crippen molar-refractivity contribution in [2.75, 3.05) is 0 Å². The minimum absolute atomic E-state index is 0.154. The third-order valence-corrected chi connectivity index (χ3v) is 4.36. The maximum absolute atomic E-state index is 12.6. The van der Waals surface area contributed by atoms with Gasteiger partial charge in [0.05, 0.1) is 12.0 Å². The normalized spacial score (nSPS) is 14.0. The standard InChI is InChI=1S/C19H21BN4O3/c1-19(2,3)16-13(21-9-22-16)15(25)14-18(27)23-12(17(26)24-14)11(20)10-7-5-4-6-8-10/h4-9,25H,20H2,1-3H3,(H,21,22)(H,23,27)(H,24,26)/b12-11+,15-14+. The van der Waals surface area contributed by atoms with Gasteiger partial charge in [-0.25, -0.2) is 4.98 Å². The van der Waals surface area contributed by atoms with Gasteiger partial charge in [-0.2, -0.15) is 0 Å². The number of benzene rings is 1. The van der Waals surface area contributed by atoms with E-state index in [2.05, 4.69) is 19.9 Å². The lowest BCUT2D eigenvalue weighted by Gasteiger charge is -2.17. The molecule has 0 aliphatic rings. The monoisotopic (exact) mass is 364 g/mol. The molecule has 0 aliphatic carbocycles. The Kier molecular flexibility index (Phi) is 4.65. The highest BCUT2D eigenvalue weighted by molar-refractivity contribution is 6.41.